The third-order valence-electron chi connectivity index (χ3n) is 10.3. The van der Waals surface area contributed by atoms with E-state index >= 15 is 0 Å². The Bertz CT molecular complexity index is 2840. The summed E-state index contributed by atoms with van der Waals surface area (Å²) in [5.74, 6) is -1.16. The van der Waals surface area contributed by atoms with Gasteiger partial charge in [-0.3, -0.25) is 38.4 Å². The van der Waals surface area contributed by atoms with Crippen LogP contribution in [-0.4, -0.2) is 147 Å². The summed E-state index contributed by atoms with van der Waals surface area (Å²) in [6, 6.07) is 38.7. The second-order valence-electron chi connectivity index (χ2n) is 16.9. The number of carboxylic acid groups (broad SMARTS) is 3. The maximum Gasteiger partial charge on any atom is 0.450 e. The van der Waals surface area contributed by atoms with Crippen molar-refractivity contribution in [2.75, 3.05) is 42.7 Å². The molecule has 93 heavy (non-hydrogen) atoms. The summed E-state index contributed by atoms with van der Waals surface area (Å²) in [7, 11) is 9.59. The minimum absolute atomic E-state index is 0. The molecule has 6 aromatic carbocycles. The zero-order valence-electron chi connectivity index (χ0n) is 50.0. The van der Waals surface area contributed by atoms with Gasteiger partial charge in [-0.05, 0) is 60.0 Å². The van der Waals surface area contributed by atoms with E-state index in [0.717, 1.165) is 79.9 Å². The molecule has 2 unspecified atom stereocenters. The molecular weight excluding hydrogens is 1540 g/mol. The first-order valence-electron chi connectivity index (χ1n) is 25.0. The van der Waals surface area contributed by atoms with E-state index in [1.165, 1.54) is 0 Å². The van der Waals surface area contributed by atoms with E-state index in [1.54, 1.807) is 60.9 Å². The number of halogens is 9. The fourth-order valence-corrected chi connectivity index (χ4v) is 6.64. The van der Waals surface area contributed by atoms with E-state index in [2.05, 4.69) is 0 Å². The molecule has 0 saturated carbocycles. The zero-order chi connectivity index (χ0) is 68.8. The number of rotatable bonds is 16. The van der Waals surface area contributed by atoms with Crippen molar-refractivity contribution in [2.24, 2.45) is 0 Å². The molecule has 0 bridgehead atoms. The van der Waals surface area contributed by atoms with Crippen molar-refractivity contribution in [2.45, 2.75) is 86.1 Å². The molecule has 6 rings (SSSR count). The monoisotopic (exact) mass is 1610 g/mol. The smallest absolute Gasteiger partial charge is 0.450 e. The summed E-state index contributed by atoms with van der Waals surface area (Å²) in [6.45, 7) is 4.18. The predicted octanol–water partition coefficient (Wildman–Crippen LogP) is 13.4. The fourth-order valence-electron chi connectivity index (χ4n) is 6.64. The molecule has 0 amide bonds. The van der Waals surface area contributed by atoms with E-state index in [9.17, 15) is 63.5 Å². The first kappa shape index (κ1) is 97.4. The Balaban J connectivity index is -0.000000244. The van der Waals surface area contributed by atoms with E-state index in [-0.39, 0.29) is 114 Å². The molecule has 0 aliphatic carbocycles. The van der Waals surface area contributed by atoms with Gasteiger partial charge >= 0.3 is 18.5 Å². The van der Waals surface area contributed by atoms with Crippen LogP contribution < -0.4 is 28.4 Å². The number of benzene rings is 6. The Kier molecular flexibility index (Phi) is 53.2. The first-order chi connectivity index (χ1) is 41.5. The number of aliphatic hydroxyl groups is 2. The van der Waals surface area contributed by atoms with Gasteiger partial charge in [-0.2, -0.15) is 39.5 Å². The molecular formula is C63H73Eu2F9O19. The molecule has 6 aromatic rings. The Hall–Kier alpha value is -6.66. The van der Waals surface area contributed by atoms with Crippen molar-refractivity contribution in [1.82, 2.24) is 0 Å². The Labute approximate surface area is 613 Å². The number of alkyl halides is 9. The van der Waals surface area contributed by atoms with Crippen LogP contribution in [0.1, 0.15) is 86.5 Å². The standard InChI is InChI=1S/3C15H14O3.C5H6F6O2.C5H5F3O2.3C2H4O2.2CH4.2Eu/c3*1-17-13-8-5-9-14(18-2)15(13)12-7-4-3-6-11(12)10-16;6-4(7,8)2(12)1-3(13)5(9,10)11;1-3(9)2-4(10)5(6,7)8;3*1-2(3)4;;;;/h3*3-10H,1-2H3;2-3,12-13H,1H2;2H2,1H3;3*1H3,(H,3,4);2*1H4;;. The average Bonchev–Trinajstić information content (AvgIpc) is 0.832. The van der Waals surface area contributed by atoms with Gasteiger partial charge in [-0.15, -0.1) is 0 Å². The molecule has 2 atom stereocenters. The van der Waals surface area contributed by atoms with Crippen molar-refractivity contribution >= 4 is 48.3 Å². The maximum absolute atomic E-state index is 11.5. The molecule has 5 N–H and O–H groups in total. The molecule has 0 fully saturated rings. The topological polar surface area (TPSA) is 293 Å². The van der Waals surface area contributed by atoms with Crippen molar-refractivity contribution in [1.29, 1.82) is 0 Å². The molecule has 0 aromatic heterocycles. The fraction of sp³-hybridized carbons (Fsp3) is 0.302. The minimum Gasteiger partial charge on any atom is -0.496 e. The van der Waals surface area contributed by atoms with Crippen LogP contribution in [0.3, 0.4) is 0 Å². The van der Waals surface area contributed by atoms with Gasteiger partial charge in [0.2, 0.25) is 5.78 Å². The third kappa shape index (κ3) is 38.3. The normalized spacial score (nSPS) is 10.3. The molecule has 0 heterocycles. The summed E-state index contributed by atoms with van der Waals surface area (Å²) >= 11 is 0. The Morgan fingerprint density at radius 2 is 0.591 bits per heavy atom. The van der Waals surface area contributed by atoms with Gasteiger partial charge in [0, 0.05) is 143 Å². The number of ether oxygens (including phenoxy) is 6. The van der Waals surface area contributed by atoms with Crippen LogP contribution in [0.25, 0.3) is 33.4 Å². The van der Waals surface area contributed by atoms with Gasteiger partial charge < -0.3 is 54.0 Å². The summed E-state index contributed by atoms with van der Waals surface area (Å²) in [5, 5.41) is 38.5. The van der Waals surface area contributed by atoms with Crippen LogP contribution in [0.5, 0.6) is 34.5 Å². The number of aldehydes is 3. The second kappa shape index (κ2) is 50.8. The van der Waals surface area contributed by atoms with Gasteiger partial charge in [-0.25, -0.2) is 0 Å². The molecule has 19 nitrogen and oxygen atoms in total. The number of hydrogen-bond acceptors (Lipinski definition) is 16. The van der Waals surface area contributed by atoms with Crippen LogP contribution in [0.2, 0.25) is 0 Å². The largest absolute Gasteiger partial charge is 0.496 e. The minimum atomic E-state index is -5.15. The van der Waals surface area contributed by atoms with Crippen LogP contribution in [-0.2, 0) is 24.0 Å². The number of ketones is 2. The number of carboxylic acids is 3. The second-order valence-corrected chi connectivity index (χ2v) is 16.9. The van der Waals surface area contributed by atoms with E-state index in [4.69, 9.17) is 68.3 Å². The van der Waals surface area contributed by atoms with Gasteiger partial charge in [0.1, 0.15) is 40.3 Å². The number of aliphatic carboxylic acids is 3. The van der Waals surface area contributed by atoms with Gasteiger partial charge in [0.05, 0.1) is 65.8 Å². The van der Waals surface area contributed by atoms with E-state index in [0.29, 0.717) is 51.2 Å². The molecule has 2 radical (unpaired) electrons. The molecule has 0 spiro atoms. The zero-order valence-corrected chi connectivity index (χ0v) is 54.9. The quantitative estimate of drug-likeness (QED) is 0.0342. The van der Waals surface area contributed by atoms with E-state index in [1.807, 2.05) is 109 Å². The number of Topliss-reactive ketones (excluding diaryl/α,β-unsaturated/α-hetero) is 2. The van der Waals surface area contributed by atoms with Gasteiger partial charge in [0.15, 0.2) is 31.1 Å². The summed E-state index contributed by atoms with van der Waals surface area (Å²) in [4.78, 5) is 80.3. The molecule has 0 saturated heterocycles. The van der Waals surface area contributed by atoms with Crippen molar-refractivity contribution in [3.63, 3.8) is 0 Å². The van der Waals surface area contributed by atoms with Crippen molar-refractivity contribution < 1.29 is 231 Å². The number of methoxy groups -OCH3 is 6. The molecule has 516 valence electrons. The number of hydrogen-bond donors (Lipinski definition) is 5. The number of carbonyl (C=O) groups is 8. The summed E-state index contributed by atoms with van der Waals surface area (Å²) in [5.41, 5.74) is 6.65. The SMILES string of the molecule is C.C.CC(=O)CC(=O)C(F)(F)F.CC(=O)O.CC(=O)O.CC(=O)O.COc1cccc(OC)c1-c1ccccc1C=O.COc1cccc(OC)c1-c1ccccc1C=O.COc1cccc(OC)c1-c1ccccc1C=O.OC(CC(O)C(F)(F)F)C(F)(F)F.[Eu].[Eu]. The third-order valence-corrected chi connectivity index (χ3v) is 10.3. The van der Waals surface area contributed by atoms with Crippen LogP contribution in [0.15, 0.2) is 127 Å². The Morgan fingerprint density at radius 1 is 0.398 bits per heavy atom. The van der Waals surface area contributed by atoms with Crippen LogP contribution in [0, 0.1) is 98.8 Å². The van der Waals surface area contributed by atoms with Crippen LogP contribution in [0.4, 0.5) is 39.5 Å². The number of carbonyl (C=O) groups excluding carboxylic acids is 5. The van der Waals surface area contributed by atoms with Crippen molar-refractivity contribution in [3.8, 4) is 67.9 Å². The summed E-state index contributed by atoms with van der Waals surface area (Å²) < 4.78 is 135. The molecule has 0 aliphatic heterocycles. The number of aliphatic hydroxyl groups excluding tert-OH is 2. The van der Waals surface area contributed by atoms with Crippen molar-refractivity contribution in [3.05, 3.63) is 144 Å². The van der Waals surface area contributed by atoms with Crippen LogP contribution >= 0.6 is 0 Å². The van der Waals surface area contributed by atoms with Gasteiger partial charge in [-0.1, -0.05) is 106 Å². The molecule has 0 aliphatic rings. The van der Waals surface area contributed by atoms with Gasteiger partial charge in [0.25, 0.3) is 17.9 Å². The van der Waals surface area contributed by atoms with E-state index < -0.39 is 73.1 Å². The average molecular weight is 1610 g/mol. The molecule has 30 heteroatoms. The Morgan fingerprint density at radius 3 is 0.731 bits per heavy atom. The summed E-state index contributed by atoms with van der Waals surface area (Å²) in [6.07, 6.45) is -21.8. The maximum atomic E-state index is 11.5. The predicted molar refractivity (Wildman–Crippen MR) is 320 cm³/mol. The first-order valence-corrected chi connectivity index (χ1v) is 25.0.